The van der Waals surface area contributed by atoms with Crippen LogP contribution in [0.5, 0.6) is 0 Å². The summed E-state index contributed by atoms with van der Waals surface area (Å²) in [6.07, 6.45) is 2.80. The van der Waals surface area contributed by atoms with Crippen LogP contribution >= 0.6 is 11.6 Å². The molecule has 5 nitrogen and oxygen atoms in total. The third-order valence-corrected chi connectivity index (χ3v) is 3.27. The fourth-order valence-corrected chi connectivity index (χ4v) is 2.14. The molecule has 1 aromatic heterocycles. The number of amides is 1. The molecule has 1 heterocycles. The Balaban J connectivity index is 1.85. The Labute approximate surface area is 127 Å². The number of nitrogens with one attached hydrogen (secondary N) is 1. The lowest BCUT2D eigenvalue weighted by Crippen LogP contribution is -2.13. The molecule has 0 unspecified atom stereocenters. The van der Waals surface area contributed by atoms with Crippen molar-refractivity contribution in [2.75, 3.05) is 11.1 Å². The van der Waals surface area contributed by atoms with Gasteiger partial charge in [-0.05, 0) is 36.8 Å². The van der Waals surface area contributed by atoms with Crippen molar-refractivity contribution in [1.82, 2.24) is 4.57 Å². The average molecular weight is 303 g/mol. The second-order valence-corrected chi connectivity index (χ2v) is 5.02. The predicted molar refractivity (Wildman–Crippen MR) is 82.9 cm³/mol. The van der Waals surface area contributed by atoms with E-state index < -0.39 is 0 Å². The van der Waals surface area contributed by atoms with Gasteiger partial charge in [-0.2, -0.15) is 5.26 Å². The molecule has 2 aromatic rings. The monoisotopic (exact) mass is 302 g/mol. The van der Waals surface area contributed by atoms with E-state index in [0.29, 0.717) is 41.5 Å². The van der Waals surface area contributed by atoms with E-state index in [-0.39, 0.29) is 5.91 Å². The zero-order valence-electron chi connectivity index (χ0n) is 11.3. The number of anilines is 2. The fourth-order valence-electron chi connectivity index (χ4n) is 1.97. The summed E-state index contributed by atoms with van der Waals surface area (Å²) in [6, 6.07) is 10.6. The van der Waals surface area contributed by atoms with Gasteiger partial charge in [-0.25, -0.2) is 0 Å². The molecule has 0 bridgehead atoms. The average Bonchev–Trinajstić information content (AvgIpc) is 2.90. The van der Waals surface area contributed by atoms with Crippen molar-refractivity contribution in [2.24, 2.45) is 0 Å². The Morgan fingerprint density at radius 1 is 1.43 bits per heavy atom. The number of nitrogens with two attached hydrogens (primary N) is 1. The Kier molecular flexibility index (Phi) is 4.85. The van der Waals surface area contributed by atoms with Crippen molar-refractivity contribution < 1.29 is 4.79 Å². The standard InChI is InChI=1S/C15H15ClN4O/c16-11-5-6-13(18)14(9-11)19-15(21)4-2-8-20-7-1-3-12(20)10-17/h1,3,5-7,9H,2,4,8,18H2,(H,19,21). The lowest BCUT2D eigenvalue weighted by molar-refractivity contribution is -0.116. The SMILES string of the molecule is N#Cc1cccn1CCCC(=O)Nc1cc(Cl)ccc1N. The van der Waals surface area contributed by atoms with Gasteiger partial charge < -0.3 is 15.6 Å². The van der Waals surface area contributed by atoms with E-state index in [1.54, 1.807) is 24.3 Å². The number of halogens is 1. The van der Waals surface area contributed by atoms with Crippen molar-refractivity contribution >= 4 is 28.9 Å². The van der Waals surface area contributed by atoms with Crippen LogP contribution in [0, 0.1) is 11.3 Å². The van der Waals surface area contributed by atoms with Gasteiger partial charge in [-0.15, -0.1) is 0 Å². The molecule has 6 heteroatoms. The molecule has 0 aliphatic heterocycles. The summed E-state index contributed by atoms with van der Waals surface area (Å²) >= 11 is 5.86. The molecule has 0 fully saturated rings. The molecule has 108 valence electrons. The molecule has 0 saturated heterocycles. The maximum absolute atomic E-state index is 11.9. The molecular formula is C15H15ClN4O. The number of hydrogen-bond acceptors (Lipinski definition) is 3. The molecule has 3 N–H and O–H groups in total. The van der Waals surface area contributed by atoms with E-state index in [2.05, 4.69) is 11.4 Å². The topological polar surface area (TPSA) is 83.8 Å². The largest absolute Gasteiger partial charge is 0.397 e. The van der Waals surface area contributed by atoms with Gasteiger partial charge in [-0.3, -0.25) is 4.79 Å². The fraction of sp³-hybridized carbons (Fsp3) is 0.200. The van der Waals surface area contributed by atoms with Gasteiger partial charge in [0.1, 0.15) is 11.8 Å². The molecule has 0 atom stereocenters. The number of nitrogen functional groups attached to an aromatic ring is 1. The van der Waals surface area contributed by atoms with Gasteiger partial charge in [0, 0.05) is 24.2 Å². The summed E-state index contributed by atoms with van der Waals surface area (Å²) in [6.45, 7) is 0.619. The van der Waals surface area contributed by atoms with E-state index in [0.717, 1.165) is 0 Å². The Morgan fingerprint density at radius 3 is 3.00 bits per heavy atom. The van der Waals surface area contributed by atoms with Crippen LogP contribution in [-0.2, 0) is 11.3 Å². The third-order valence-electron chi connectivity index (χ3n) is 3.04. The highest BCUT2D eigenvalue weighted by atomic mass is 35.5. The summed E-state index contributed by atoms with van der Waals surface area (Å²) in [5.74, 6) is -0.130. The molecular weight excluding hydrogens is 288 g/mol. The summed E-state index contributed by atoms with van der Waals surface area (Å²) in [5.41, 5.74) is 7.36. The highest BCUT2D eigenvalue weighted by Gasteiger charge is 2.07. The van der Waals surface area contributed by atoms with Gasteiger partial charge in [0.05, 0.1) is 11.4 Å². The molecule has 0 aliphatic rings. The van der Waals surface area contributed by atoms with E-state index in [1.165, 1.54) is 0 Å². The summed E-state index contributed by atoms with van der Waals surface area (Å²) in [4.78, 5) is 11.9. The molecule has 1 aromatic carbocycles. The van der Waals surface area contributed by atoms with Gasteiger partial charge in [0.25, 0.3) is 0 Å². The van der Waals surface area contributed by atoms with Gasteiger partial charge in [0.15, 0.2) is 0 Å². The molecule has 0 aliphatic carbocycles. The number of nitriles is 1. The Morgan fingerprint density at radius 2 is 2.24 bits per heavy atom. The first-order valence-electron chi connectivity index (χ1n) is 6.50. The van der Waals surface area contributed by atoms with E-state index in [1.807, 2.05) is 16.8 Å². The van der Waals surface area contributed by atoms with Crippen LogP contribution in [0.4, 0.5) is 11.4 Å². The zero-order valence-corrected chi connectivity index (χ0v) is 12.1. The summed E-state index contributed by atoms with van der Waals surface area (Å²) < 4.78 is 1.82. The Hall–Kier alpha value is -2.45. The number of nitrogens with zero attached hydrogens (tertiary/aromatic N) is 2. The first kappa shape index (κ1) is 14.9. The van der Waals surface area contributed by atoms with Crippen molar-refractivity contribution in [3.63, 3.8) is 0 Å². The normalized spacial score (nSPS) is 10.1. The van der Waals surface area contributed by atoms with Crippen LogP contribution in [0.1, 0.15) is 18.5 Å². The molecule has 0 radical (unpaired) electrons. The minimum Gasteiger partial charge on any atom is -0.397 e. The number of carbonyl (C=O) groups excluding carboxylic acids is 1. The van der Waals surface area contributed by atoms with Crippen LogP contribution in [0.2, 0.25) is 5.02 Å². The smallest absolute Gasteiger partial charge is 0.224 e. The van der Waals surface area contributed by atoms with Crippen LogP contribution in [0.3, 0.4) is 0 Å². The number of hydrogen-bond donors (Lipinski definition) is 2. The van der Waals surface area contributed by atoms with Gasteiger partial charge >= 0.3 is 0 Å². The van der Waals surface area contributed by atoms with E-state index >= 15 is 0 Å². The Bertz CT molecular complexity index is 687. The number of aromatic nitrogens is 1. The van der Waals surface area contributed by atoms with Crippen LogP contribution in [-0.4, -0.2) is 10.5 Å². The quantitative estimate of drug-likeness (QED) is 0.833. The van der Waals surface area contributed by atoms with Crippen molar-refractivity contribution in [1.29, 1.82) is 5.26 Å². The minimum absolute atomic E-state index is 0.130. The van der Waals surface area contributed by atoms with E-state index in [9.17, 15) is 4.79 Å². The minimum atomic E-state index is -0.130. The molecule has 0 spiro atoms. The zero-order chi connectivity index (χ0) is 15.2. The third kappa shape index (κ3) is 4.01. The van der Waals surface area contributed by atoms with Crippen LogP contribution < -0.4 is 11.1 Å². The number of benzene rings is 1. The second-order valence-electron chi connectivity index (χ2n) is 4.58. The van der Waals surface area contributed by atoms with E-state index in [4.69, 9.17) is 22.6 Å². The number of rotatable bonds is 5. The maximum atomic E-state index is 11.9. The van der Waals surface area contributed by atoms with Gasteiger partial charge in [0.2, 0.25) is 5.91 Å². The lowest BCUT2D eigenvalue weighted by atomic mass is 10.2. The lowest BCUT2D eigenvalue weighted by Gasteiger charge is -2.09. The maximum Gasteiger partial charge on any atom is 0.224 e. The first-order chi connectivity index (χ1) is 10.1. The van der Waals surface area contributed by atoms with Gasteiger partial charge in [-0.1, -0.05) is 11.6 Å². The first-order valence-corrected chi connectivity index (χ1v) is 6.88. The number of carbonyl (C=O) groups is 1. The number of aryl methyl sites for hydroxylation is 1. The van der Waals surface area contributed by atoms with Crippen molar-refractivity contribution in [2.45, 2.75) is 19.4 Å². The molecule has 0 saturated carbocycles. The van der Waals surface area contributed by atoms with Crippen LogP contribution in [0.15, 0.2) is 36.5 Å². The molecule has 2 rings (SSSR count). The summed E-state index contributed by atoms with van der Waals surface area (Å²) in [7, 11) is 0. The summed E-state index contributed by atoms with van der Waals surface area (Å²) in [5, 5.41) is 12.1. The molecule has 21 heavy (non-hydrogen) atoms. The second kappa shape index (κ2) is 6.82. The highest BCUT2D eigenvalue weighted by Crippen LogP contribution is 2.23. The predicted octanol–water partition coefficient (Wildman–Crippen LogP) is 3.01. The van der Waals surface area contributed by atoms with Crippen LogP contribution in [0.25, 0.3) is 0 Å². The molecule has 1 amide bonds. The van der Waals surface area contributed by atoms with Crippen molar-refractivity contribution in [3.05, 3.63) is 47.2 Å². The highest BCUT2D eigenvalue weighted by molar-refractivity contribution is 6.31. The van der Waals surface area contributed by atoms with Crippen molar-refractivity contribution in [3.8, 4) is 6.07 Å².